The quantitative estimate of drug-likeness (QED) is 0.878. The summed E-state index contributed by atoms with van der Waals surface area (Å²) in [6, 6.07) is 0.431. The third-order valence-corrected chi connectivity index (χ3v) is 4.03. The van der Waals surface area contributed by atoms with Crippen LogP contribution in [0.2, 0.25) is 0 Å². The second-order valence-corrected chi connectivity index (χ2v) is 6.15. The van der Waals surface area contributed by atoms with Gasteiger partial charge in [-0.2, -0.15) is 15.0 Å². The van der Waals surface area contributed by atoms with Crippen LogP contribution in [0.15, 0.2) is 0 Å². The molecular formula is C14H26N6. The first kappa shape index (κ1) is 14.8. The predicted octanol–water partition coefficient (Wildman–Crippen LogP) is 2.15. The molecule has 1 aromatic heterocycles. The van der Waals surface area contributed by atoms with Crippen molar-refractivity contribution in [3.63, 3.8) is 0 Å². The molecule has 1 fully saturated rings. The molecular weight excluding hydrogens is 252 g/mol. The molecule has 1 saturated carbocycles. The highest BCUT2D eigenvalue weighted by atomic mass is 15.3. The number of nitrogens with one attached hydrogen (secondary N) is 1. The second-order valence-electron chi connectivity index (χ2n) is 6.15. The summed E-state index contributed by atoms with van der Waals surface area (Å²) in [7, 11) is 3.80. The first-order valence-electron chi connectivity index (χ1n) is 7.42. The minimum absolute atomic E-state index is 0.267. The van der Waals surface area contributed by atoms with Crippen LogP contribution in [0.3, 0.4) is 0 Å². The lowest BCUT2D eigenvalue weighted by Gasteiger charge is -2.34. The fourth-order valence-corrected chi connectivity index (χ4v) is 2.95. The summed E-state index contributed by atoms with van der Waals surface area (Å²) in [5, 5.41) is 3.48. The van der Waals surface area contributed by atoms with Crippen molar-refractivity contribution in [3.05, 3.63) is 0 Å². The highest BCUT2D eigenvalue weighted by molar-refractivity contribution is 5.41. The van der Waals surface area contributed by atoms with Gasteiger partial charge in [-0.25, -0.2) is 0 Å². The van der Waals surface area contributed by atoms with Crippen LogP contribution in [-0.4, -0.2) is 35.1 Å². The van der Waals surface area contributed by atoms with Crippen molar-refractivity contribution in [2.45, 2.75) is 45.6 Å². The molecule has 6 nitrogen and oxygen atoms in total. The normalized spacial score (nSPS) is 22.9. The predicted molar refractivity (Wildman–Crippen MR) is 82.8 cm³/mol. The van der Waals surface area contributed by atoms with Crippen LogP contribution < -0.4 is 16.0 Å². The van der Waals surface area contributed by atoms with E-state index in [0.717, 1.165) is 0 Å². The van der Waals surface area contributed by atoms with E-state index >= 15 is 0 Å². The van der Waals surface area contributed by atoms with Gasteiger partial charge in [-0.3, -0.25) is 0 Å². The number of hydrogen-bond donors (Lipinski definition) is 2. The fourth-order valence-electron chi connectivity index (χ4n) is 2.95. The number of hydrogen-bond acceptors (Lipinski definition) is 6. The van der Waals surface area contributed by atoms with E-state index < -0.39 is 0 Å². The van der Waals surface area contributed by atoms with Gasteiger partial charge in [0.2, 0.25) is 17.8 Å². The van der Waals surface area contributed by atoms with Crippen molar-refractivity contribution in [1.29, 1.82) is 0 Å². The molecule has 0 radical (unpaired) electrons. The standard InChI is InChI=1S/C14H26N6/c1-9(2)10-7-5-6-8-11(10)16-13-17-12(15)18-14(19-13)20(3)4/h9-11H,5-8H2,1-4H3,(H3,15,16,17,18,19). The van der Waals surface area contributed by atoms with E-state index in [4.69, 9.17) is 5.73 Å². The summed E-state index contributed by atoms with van der Waals surface area (Å²) < 4.78 is 0. The van der Waals surface area contributed by atoms with Crippen LogP contribution in [0.5, 0.6) is 0 Å². The molecule has 2 atom stereocenters. The molecule has 1 aliphatic rings. The highest BCUT2D eigenvalue weighted by Gasteiger charge is 2.28. The van der Waals surface area contributed by atoms with Crippen LogP contribution in [0.1, 0.15) is 39.5 Å². The zero-order chi connectivity index (χ0) is 14.7. The maximum absolute atomic E-state index is 5.77. The monoisotopic (exact) mass is 278 g/mol. The Balaban J connectivity index is 2.15. The van der Waals surface area contributed by atoms with Crippen molar-refractivity contribution in [1.82, 2.24) is 15.0 Å². The Labute approximate surface area is 121 Å². The highest BCUT2D eigenvalue weighted by Crippen LogP contribution is 2.31. The van der Waals surface area contributed by atoms with Gasteiger partial charge in [-0.05, 0) is 24.7 Å². The molecule has 1 aliphatic carbocycles. The number of nitrogens with zero attached hydrogens (tertiary/aromatic N) is 4. The van der Waals surface area contributed by atoms with Gasteiger partial charge < -0.3 is 16.0 Å². The molecule has 112 valence electrons. The van der Waals surface area contributed by atoms with Crippen LogP contribution in [0.25, 0.3) is 0 Å². The van der Waals surface area contributed by atoms with Crippen LogP contribution in [0.4, 0.5) is 17.8 Å². The first-order chi connectivity index (χ1) is 9.47. The van der Waals surface area contributed by atoms with Gasteiger partial charge in [0.25, 0.3) is 0 Å². The minimum atomic E-state index is 0.267. The Morgan fingerprint density at radius 1 is 1.15 bits per heavy atom. The lowest BCUT2D eigenvalue weighted by Crippen LogP contribution is -2.36. The van der Waals surface area contributed by atoms with Gasteiger partial charge in [-0.1, -0.05) is 26.7 Å². The molecule has 2 rings (SSSR count). The van der Waals surface area contributed by atoms with Crippen molar-refractivity contribution in [2.75, 3.05) is 30.0 Å². The molecule has 1 heterocycles. The Morgan fingerprint density at radius 3 is 2.50 bits per heavy atom. The van der Waals surface area contributed by atoms with Gasteiger partial charge in [0.15, 0.2) is 0 Å². The third kappa shape index (κ3) is 3.49. The summed E-state index contributed by atoms with van der Waals surface area (Å²) in [6.07, 6.45) is 5.04. The van der Waals surface area contributed by atoms with E-state index in [1.165, 1.54) is 25.7 Å². The van der Waals surface area contributed by atoms with Gasteiger partial charge in [0.1, 0.15) is 0 Å². The summed E-state index contributed by atoms with van der Waals surface area (Å²) >= 11 is 0. The SMILES string of the molecule is CC(C)C1CCCCC1Nc1nc(N)nc(N(C)C)n1. The molecule has 20 heavy (non-hydrogen) atoms. The first-order valence-corrected chi connectivity index (χ1v) is 7.42. The smallest absolute Gasteiger partial charge is 0.231 e. The topological polar surface area (TPSA) is 80.0 Å². The average Bonchev–Trinajstić information content (AvgIpc) is 2.38. The Hall–Kier alpha value is -1.59. The Morgan fingerprint density at radius 2 is 1.85 bits per heavy atom. The van der Waals surface area contributed by atoms with E-state index in [1.54, 1.807) is 0 Å². The van der Waals surface area contributed by atoms with Crippen molar-refractivity contribution in [3.8, 4) is 0 Å². The maximum Gasteiger partial charge on any atom is 0.231 e. The zero-order valence-electron chi connectivity index (χ0n) is 12.9. The Bertz CT molecular complexity index is 445. The number of nitrogens with two attached hydrogens (primary N) is 1. The van der Waals surface area contributed by atoms with Crippen molar-refractivity contribution in [2.24, 2.45) is 11.8 Å². The molecule has 3 N–H and O–H groups in total. The minimum Gasteiger partial charge on any atom is -0.368 e. The molecule has 1 aromatic rings. The Kier molecular flexibility index (Phi) is 4.62. The number of aromatic nitrogens is 3. The van der Waals surface area contributed by atoms with Gasteiger partial charge in [0.05, 0.1) is 0 Å². The summed E-state index contributed by atoms with van der Waals surface area (Å²) in [5.74, 6) is 2.80. The molecule has 0 aliphatic heterocycles. The molecule has 6 heteroatoms. The molecule has 2 unspecified atom stereocenters. The number of rotatable bonds is 4. The summed E-state index contributed by atoms with van der Waals surface area (Å²) in [6.45, 7) is 4.58. The van der Waals surface area contributed by atoms with Gasteiger partial charge >= 0.3 is 0 Å². The third-order valence-electron chi connectivity index (χ3n) is 4.03. The molecule has 0 spiro atoms. The van der Waals surface area contributed by atoms with Gasteiger partial charge in [-0.15, -0.1) is 0 Å². The largest absolute Gasteiger partial charge is 0.368 e. The molecule has 0 amide bonds. The molecule has 0 bridgehead atoms. The van der Waals surface area contributed by atoms with Gasteiger partial charge in [0, 0.05) is 20.1 Å². The summed E-state index contributed by atoms with van der Waals surface area (Å²) in [4.78, 5) is 14.6. The molecule has 0 saturated heterocycles. The van der Waals surface area contributed by atoms with Crippen LogP contribution in [-0.2, 0) is 0 Å². The second kappa shape index (κ2) is 6.24. The maximum atomic E-state index is 5.77. The van der Waals surface area contributed by atoms with E-state index in [1.807, 2.05) is 19.0 Å². The fraction of sp³-hybridized carbons (Fsp3) is 0.786. The lowest BCUT2D eigenvalue weighted by atomic mass is 9.78. The van der Waals surface area contributed by atoms with Crippen molar-refractivity contribution >= 4 is 17.8 Å². The van der Waals surface area contributed by atoms with E-state index in [0.29, 0.717) is 29.8 Å². The summed E-state index contributed by atoms with van der Waals surface area (Å²) in [5.41, 5.74) is 5.77. The van der Waals surface area contributed by atoms with E-state index in [2.05, 4.69) is 34.1 Å². The van der Waals surface area contributed by atoms with E-state index in [9.17, 15) is 0 Å². The van der Waals surface area contributed by atoms with Crippen LogP contribution in [0, 0.1) is 11.8 Å². The molecule has 0 aromatic carbocycles. The van der Waals surface area contributed by atoms with E-state index in [-0.39, 0.29) is 5.95 Å². The van der Waals surface area contributed by atoms with Crippen molar-refractivity contribution < 1.29 is 0 Å². The average molecular weight is 278 g/mol. The zero-order valence-corrected chi connectivity index (χ0v) is 12.9. The number of anilines is 3. The number of nitrogen functional groups attached to an aromatic ring is 1. The lowest BCUT2D eigenvalue weighted by molar-refractivity contribution is 0.253. The van der Waals surface area contributed by atoms with Crippen LogP contribution >= 0.6 is 0 Å².